The van der Waals surface area contributed by atoms with Crippen molar-refractivity contribution in [2.24, 2.45) is 5.73 Å². The largest absolute Gasteiger partial charge is 0.480 e. The third-order valence-corrected chi connectivity index (χ3v) is 2.32. The summed E-state index contributed by atoms with van der Waals surface area (Å²) < 4.78 is 0. The molecule has 0 aromatic carbocycles. The minimum atomic E-state index is -0.853. The van der Waals surface area contributed by atoms with Crippen LogP contribution in [-0.4, -0.2) is 52.9 Å². The number of aliphatic carboxylic acids is 1. The predicted octanol–water partition coefficient (Wildman–Crippen LogP) is -1.14. The van der Waals surface area contributed by atoms with Gasteiger partial charge in [-0.25, -0.2) is 0 Å². The number of nitrogens with zero attached hydrogens (tertiary/aromatic N) is 1. The fourth-order valence-corrected chi connectivity index (χ4v) is 1.68. The average molecular weight is 188 g/mol. The molecule has 76 valence electrons. The second-order valence-electron chi connectivity index (χ2n) is 3.38. The third-order valence-electron chi connectivity index (χ3n) is 2.32. The number of rotatable bonds is 4. The minimum absolute atomic E-state index is 0.333. The van der Waals surface area contributed by atoms with E-state index in [4.69, 9.17) is 10.8 Å². The van der Waals surface area contributed by atoms with Crippen molar-refractivity contribution in [3.63, 3.8) is 0 Å². The number of nitrogens with two attached hydrogens (primary N) is 1. The second kappa shape index (κ2) is 4.55. The van der Waals surface area contributed by atoms with Gasteiger partial charge in [-0.05, 0) is 13.0 Å². The smallest absolute Gasteiger partial charge is 0.321 e. The first-order valence-corrected chi connectivity index (χ1v) is 4.50. The van der Waals surface area contributed by atoms with Gasteiger partial charge < -0.3 is 15.9 Å². The maximum atomic E-state index is 10.7. The third kappa shape index (κ3) is 2.65. The molecule has 0 aromatic heterocycles. The van der Waals surface area contributed by atoms with Crippen molar-refractivity contribution in [1.29, 1.82) is 0 Å². The summed E-state index contributed by atoms with van der Waals surface area (Å²) in [6, 6.07) is -0.526. The summed E-state index contributed by atoms with van der Waals surface area (Å²) in [5.41, 5.74) is 5.33. The molecule has 0 aromatic rings. The summed E-state index contributed by atoms with van der Waals surface area (Å²) in [5.74, 6) is -0.853. The number of carbonyl (C=O) groups is 1. The van der Waals surface area contributed by atoms with Crippen LogP contribution in [0.25, 0.3) is 0 Å². The summed E-state index contributed by atoms with van der Waals surface area (Å²) in [7, 11) is 0. The lowest BCUT2D eigenvalue weighted by molar-refractivity contribution is -0.142. The molecule has 5 nitrogen and oxygen atoms in total. The van der Waals surface area contributed by atoms with Crippen LogP contribution in [0.3, 0.4) is 0 Å². The molecule has 5 heteroatoms. The van der Waals surface area contributed by atoms with Crippen LogP contribution in [0.15, 0.2) is 0 Å². The Morgan fingerprint density at radius 2 is 2.31 bits per heavy atom. The van der Waals surface area contributed by atoms with Crippen LogP contribution in [0.2, 0.25) is 0 Å². The highest BCUT2D eigenvalue weighted by atomic mass is 16.4. The van der Waals surface area contributed by atoms with E-state index >= 15 is 0 Å². The maximum Gasteiger partial charge on any atom is 0.321 e. The Hall–Kier alpha value is -0.650. The van der Waals surface area contributed by atoms with Crippen molar-refractivity contribution in [2.45, 2.75) is 25.0 Å². The average Bonchev–Trinajstić information content (AvgIpc) is 2.43. The van der Waals surface area contributed by atoms with Crippen molar-refractivity contribution in [2.75, 3.05) is 19.6 Å². The fraction of sp³-hybridized carbons (Fsp3) is 0.875. The minimum Gasteiger partial charge on any atom is -0.480 e. The Kier molecular flexibility index (Phi) is 3.65. The number of aliphatic hydroxyl groups excluding tert-OH is 1. The highest BCUT2D eigenvalue weighted by Gasteiger charge is 2.35. The maximum absolute atomic E-state index is 10.7. The Balaban J connectivity index is 2.45. The highest BCUT2D eigenvalue weighted by molar-refractivity contribution is 5.74. The molecule has 2 unspecified atom stereocenters. The molecule has 2 atom stereocenters. The van der Waals surface area contributed by atoms with E-state index in [9.17, 15) is 9.90 Å². The van der Waals surface area contributed by atoms with Crippen LogP contribution in [0.5, 0.6) is 0 Å². The van der Waals surface area contributed by atoms with Gasteiger partial charge in [0.15, 0.2) is 0 Å². The van der Waals surface area contributed by atoms with Gasteiger partial charge in [0.05, 0.1) is 6.10 Å². The quantitative estimate of drug-likeness (QED) is 0.519. The molecule has 4 N–H and O–H groups in total. The summed E-state index contributed by atoms with van der Waals surface area (Å²) in [5, 5.41) is 18.1. The molecule has 0 spiro atoms. The molecular formula is C8H16N2O3. The zero-order valence-electron chi connectivity index (χ0n) is 7.52. The van der Waals surface area contributed by atoms with Crippen molar-refractivity contribution < 1.29 is 15.0 Å². The van der Waals surface area contributed by atoms with Gasteiger partial charge in [-0.3, -0.25) is 9.69 Å². The predicted molar refractivity (Wildman–Crippen MR) is 47.3 cm³/mol. The van der Waals surface area contributed by atoms with E-state index in [2.05, 4.69) is 0 Å². The normalized spacial score (nSPS) is 29.4. The molecule has 1 rings (SSSR count). The van der Waals surface area contributed by atoms with Gasteiger partial charge in [-0.2, -0.15) is 0 Å². The number of aliphatic hydroxyl groups is 1. The first-order valence-electron chi connectivity index (χ1n) is 4.50. The summed E-state index contributed by atoms with van der Waals surface area (Å²) in [6.07, 6.45) is 0.607. The molecule has 13 heavy (non-hydrogen) atoms. The number of hydrogen-bond acceptors (Lipinski definition) is 4. The van der Waals surface area contributed by atoms with Crippen molar-refractivity contribution in [1.82, 2.24) is 4.90 Å². The first kappa shape index (κ1) is 10.4. The van der Waals surface area contributed by atoms with E-state index in [0.29, 0.717) is 26.1 Å². The van der Waals surface area contributed by atoms with E-state index in [0.717, 1.165) is 6.42 Å². The number of carboxylic acid groups (broad SMARTS) is 1. The van der Waals surface area contributed by atoms with Crippen LogP contribution >= 0.6 is 0 Å². The second-order valence-corrected chi connectivity index (χ2v) is 3.38. The Morgan fingerprint density at radius 1 is 1.62 bits per heavy atom. The Bertz CT molecular complexity index is 186. The monoisotopic (exact) mass is 188 g/mol. The summed E-state index contributed by atoms with van der Waals surface area (Å²) >= 11 is 0. The molecule has 1 saturated heterocycles. The van der Waals surface area contributed by atoms with Crippen molar-refractivity contribution in [3.05, 3.63) is 0 Å². The number of β-amino-alcohol motifs (C(OH)–C–C–N with tert-alkyl or cyclic N) is 1. The van der Waals surface area contributed by atoms with Crippen molar-refractivity contribution in [3.8, 4) is 0 Å². The van der Waals surface area contributed by atoms with E-state index in [1.165, 1.54) is 0 Å². The SMILES string of the molecule is NCCCN1CC(O)CC1C(=O)O. The Morgan fingerprint density at radius 3 is 2.85 bits per heavy atom. The number of hydrogen-bond donors (Lipinski definition) is 3. The van der Waals surface area contributed by atoms with E-state index in [-0.39, 0.29) is 0 Å². The van der Waals surface area contributed by atoms with Gasteiger partial charge in [0.25, 0.3) is 0 Å². The molecule has 0 radical (unpaired) electrons. The topological polar surface area (TPSA) is 86.8 Å². The van der Waals surface area contributed by atoms with Gasteiger partial charge in [-0.15, -0.1) is 0 Å². The Labute approximate surface area is 77.1 Å². The van der Waals surface area contributed by atoms with E-state index in [1.54, 1.807) is 4.90 Å². The van der Waals surface area contributed by atoms with Crippen LogP contribution in [-0.2, 0) is 4.79 Å². The van der Waals surface area contributed by atoms with Gasteiger partial charge in [-0.1, -0.05) is 0 Å². The molecule has 1 aliphatic heterocycles. The molecule has 0 bridgehead atoms. The zero-order chi connectivity index (χ0) is 9.84. The number of likely N-dealkylation sites (tertiary alicyclic amines) is 1. The highest BCUT2D eigenvalue weighted by Crippen LogP contribution is 2.17. The van der Waals surface area contributed by atoms with Crippen LogP contribution in [0.4, 0.5) is 0 Å². The molecular weight excluding hydrogens is 172 g/mol. The van der Waals surface area contributed by atoms with Crippen LogP contribution < -0.4 is 5.73 Å². The molecule has 0 saturated carbocycles. The van der Waals surface area contributed by atoms with Gasteiger partial charge in [0.1, 0.15) is 6.04 Å². The first-order chi connectivity index (χ1) is 6.15. The fourth-order valence-electron chi connectivity index (χ4n) is 1.68. The summed E-state index contributed by atoms with van der Waals surface area (Å²) in [6.45, 7) is 1.67. The lowest BCUT2D eigenvalue weighted by Crippen LogP contribution is -2.37. The molecule has 1 aliphatic rings. The van der Waals surface area contributed by atoms with Gasteiger partial charge >= 0.3 is 5.97 Å². The molecule has 0 amide bonds. The molecule has 1 heterocycles. The van der Waals surface area contributed by atoms with Crippen molar-refractivity contribution >= 4 is 5.97 Å². The van der Waals surface area contributed by atoms with E-state index < -0.39 is 18.1 Å². The van der Waals surface area contributed by atoms with Crippen LogP contribution in [0, 0.1) is 0 Å². The van der Waals surface area contributed by atoms with Crippen LogP contribution in [0.1, 0.15) is 12.8 Å². The van der Waals surface area contributed by atoms with E-state index in [1.807, 2.05) is 0 Å². The lowest BCUT2D eigenvalue weighted by atomic mass is 10.2. The van der Waals surface area contributed by atoms with Gasteiger partial charge in [0, 0.05) is 19.5 Å². The summed E-state index contributed by atoms with van der Waals surface area (Å²) in [4.78, 5) is 12.5. The number of carboxylic acids is 1. The van der Waals surface area contributed by atoms with Gasteiger partial charge in [0.2, 0.25) is 0 Å². The molecule has 0 aliphatic carbocycles. The molecule has 1 fully saturated rings. The lowest BCUT2D eigenvalue weighted by Gasteiger charge is -2.19. The zero-order valence-corrected chi connectivity index (χ0v) is 7.52. The standard InChI is InChI=1S/C8H16N2O3/c9-2-1-3-10-5-6(11)4-7(10)8(12)13/h6-7,11H,1-5,9H2,(H,12,13).